The molecular weight excluding hydrogens is 424 g/mol. The molecule has 1 aromatic carbocycles. The second kappa shape index (κ2) is 9.03. The zero-order valence-electron chi connectivity index (χ0n) is 17.4. The van der Waals surface area contributed by atoms with E-state index in [0.29, 0.717) is 18.7 Å². The summed E-state index contributed by atoms with van der Waals surface area (Å²) in [6, 6.07) is 9.41. The van der Waals surface area contributed by atoms with Crippen LogP contribution in [0, 0.1) is 0 Å². The minimum absolute atomic E-state index is 0.0224. The van der Waals surface area contributed by atoms with Crippen LogP contribution >= 0.6 is 0 Å². The van der Waals surface area contributed by atoms with Crippen LogP contribution in [-0.4, -0.2) is 69.2 Å². The van der Waals surface area contributed by atoms with Crippen LogP contribution in [0.3, 0.4) is 0 Å². The van der Waals surface area contributed by atoms with Gasteiger partial charge in [-0.25, -0.2) is 16.8 Å². The molecule has 1 aromatic heterocycles. The van der Waals surface area contributed by atoms with Crippen molar-refractivity contribution in [2.75, 3.05) is 25.1 Å². The number of pyridine rings is 1. The number of likely N-dealkylation sites (N-methyl/N-ethyl adjacent to an activating group) is 1. The van der Waals surface area contributed by atoms with Crippen LogP contribution in [0.1, 0.15) is 19.4 Å². The van der Waals surface area contributed by atoms with E-state index in [-0.39, 0.29) is 22.5 Å². The molecule has 1 aliphatic heterocycles. The van der Waals surface area contributed by atoms with Crippen LogP contribution in [0.5, 0.6) is 5.75 Å². The van der Waals surface area contributed by atoms with Gasteiger partial charge in [0.05, 0.1) is 27.8 Å². The van der Waals surface area contributed by atoms with Gasteiger partial charge in [-0.3, -0.25) is 4.98 Å². The van der Waals surface area contributed by atoms with Crippen molar-refractivity contribution < 1.29 is 21.6 Å². The summed E-state index contributed by atoms with van der Waals surface area (Å²) < 4.78 is 56.9. The summed E-state index contributed by atoms with van der Waals surface area (Å²) in [5, 5.41) is -0.998. The first-order chi connectivity index (χ1) is 14.1. The molecule has 0 spiro atoms. The normalized spacial score (nSPS) is 21.2. The highest BCUT2D eigenvalue weighted by atomic mass is 32.2. The van der Waals surface area contributed by atoms with Crippen LogP contribution in [0.15, 0.2) is 53.7 Å². The second-order valence-corrected chi connectivity index (χ2v) is 12.3. The molecule has 164 valence electrons. The largest absolute Gasteiger partial charge is 0.491 e. The van der Waals surface area contributed by atoms with Gasteiger partial charge in [0.2, 0.25) is 0 Å². The predicted octanol–water partition coefficient (Wildman–Crippen LogP) is 1.98. The Kier molecular flexibility index (Phi) is 6.84. The molecule has 2 atom stereocenters. The molecule has 0 amide bonds. The Balaban J connectivity index is 1.80. The smallest absolute Gasteiger partial charge is 0.183 e. The molecule has 7 nitrogen and oxygen atoms in total. The van der Waals surface area contributed by atoms with Crippen molar-refractivity contribution in [1.29, 1.82) is 0 Å². The van der Waals surface area contributed by atoms with E-state index in [1.807, 2.05) is 30.9 Å². The van der Waals surface area contributed by atoms with Crippen molar-refractivity contribution in [3.8, 4) is 5.75 Å². The second-order valence-electron chi connectivity index (χ2n) is 7.95. The molecule has 30 heavy (non-hydrogen) atoms. The third-order valence-electron chi connectivity index (χ3n) is 5.26. The molecule has 1 aliphatic rings. The number of rotatable bonds is 8. The molecule has 0 N–H and O–H groups in total. The topological polar surface area (TPSA) is 93.6 Å². The maximum atomic E-state index is 13.3. The summed E-state index contributed by atoms with van der Waals surface area (Å²) in [4.78, 5) is 5.96. The Hall–Kier alpha value is -1.97. The van der Waals surface area contributed by atoms with Gasteiger partial charge in [0.25, 0.3) is 0 Å². The van der Waals surface area contributed by atoms with Crippen molar-refractivity contribution >= 4 is 19.7 Å². The molecule has 1 saturated heterocycles. The summed E-state index contributed by atoms with van der Waals surface area (Å²) in [6.07, 6.45) is 4.07. The van der Waals surface area contributed by atoms with Gasteiger partial charge in [-0.2, -0.15) is 0 Å². The van der Waals surface area contributed by atoms with Crippen LogP contribution < -0.4 is 4.74 Å². The molecule has 0 unspecified atom stereocenters. The Labute approximate surface area is 178 Å². The summed E-state index contributed by atoms with van der Waals surface area (Å²) in [7, 11) is -5.48. The first kappa shape index (κ1) is 22.7. The van der Waals surface area contributed by atoms with Gasteiger partial charge in [0.15, 0.2) is 19.7 Å². The molecule has 3 rings (SSSR count). The van der Waals surface area contributed by atoms with E-state index in [4.69, 9.17) is 4.74 Å². The Bertz CT molecular complexity index is 1050. The van der Waals surface area contributed by atoms with Gasteiger partial charge in [0, 0.05) is 25.0 Å². The molecule has 1 fully saturated rings. The molecule has 2 heterocycles. The van der Waals surface area contributed by atoms with E-state index in [9.17, 15) is 16.8 Å². The highest BCUT2D eigenvalue weighted by Gasteiger charge is 2.47. The number of sulfone groups is 2. The number of hydrogen-bond acceptors (Lipinski definition) is 7. The van der Waals surface area contributed by atoms with E-state index < -0.39 is 31.0 Å². The fraction of sp³-hybridized carbons (Fsp3) is 0.476. The lowest BCUT2D eigenvalue weighted by Gasteiger charge is -2.28. The Morgan fingerprint density at radius 3 is 2.33 bits per heavy atom. The van der Waals surface area contributed by atoms with Crippen LogP contribution in [-0.2, 0) is 26.1 Å². The number of nitrogens with zero attached hydrogens (tertiary/aromatic N) is 2. The monoisotopic (exact) mass is 452 g/mol. The van der Waals surface area contributed by atoms with E-state index in [1.165, 1.54) is 12.1 Å². The van der Waals surface area contributed by atoms with E-state index in [1.54, 1.807) is 31.6 Å². The van der Waals surface area contributed by atoms with Crippen molar-refractivity contribution in [2.24, 2.45) is 0 Å². The minimum atomic E-state index is -3.82. The van der Waals surface area contributed by atoms with Crippen molar-refractivity contribution in [3.63, 3.8) is 0 Å². The van der Waals surface area contributed by atoms with E-state index in [0.717, 1.165) is 5.56 Å². The number of aromatic nitrogens is 1. The van der Waals surface area contributed by atoms with Crippen molar-refractivity contribution in [1.82, 2.24) is 9.88 Å². The minimum Gasteiger partial charge on any atom is -0.491 e. The molecular formula is C21H28N2O5S2. The average molecular weight is 453 g/mol. The van der Waals surface area contributed by atoms with Gasteiger partial charge in [-0.1, -0.05) is 0 Å². The Morgan fingerprint density at radius 2 is 1.73 bits per heavy atom. The first-order valence-electron chi connectivity index (χ1n) is 9.89. The van der Waals surface area contributed by atoms with Gasteiger partial charge >= 0.3 is 0 Å². The third-order valence-corrected chi connectivity index (χ3v) is 9.40. The molecule has 0 saturated carbocycles. The standard InChI is InChI=1S/C21H28N2O5S2/c1-16(2)28-18-4-6-19(7-5-18)30(26,27)21-15-29(24,25)14-20(21)23(3)13-10-17-8-11-22-12-9-17/h4-9,11-12,16,20-21H,10,13-15H2,1-3H3/t20-,21-/m0/s1. The number of ether oxygens (including phenoxy) is 1. The molecule has 9 heteroatoms. The lowest BCUT2D eigenvalue weighted by atomic mass is 10.1. The van der Waals surface area contributed by atoms with E-state index in [2.05, 4.69) is 4.98 Å². The van der Waals surface area contributed by atoms with Crippen LogP contribution in [0.4, 0.5) is 0 Å². The highest BCUT2D eigenvalue weighted by Crippen LogP contribution is 2.29. The molecule has 0 radical (unpaired) electrons. The summed E-state index contributed by atoms with van der Waals surface area (Å²) in [6.45, 7) is 4.33. The SMILES string of the molecule is CC(C)Oc1ccc(S(=O)(=O)[C@H]2CS(=O)(=O)C[C@@H]2N(C)CCc2ccncc2)cc1. The summed E-state index contributed by atoms with van der Waals surface area (Å²) in [5.74, 6) is 0.0660. The Morgan fingerprint density at radius 1 is 1.10 bits per heavy atom. The quantitative estimate of drug-likeness (QED) is 0.604. The number of hydrogen-bond donors (Lipinski definition) is 0. The lowest BCUT2D eigenvalue weighted by molar-refractivity contribution is 0.242. The molecule has 0 bridgehead atoms. The molecule has 2 aromatic rings. The van der Waals surface area contributed by atoms with Crippen molar-refractivity contribution in [3.05, 3.63) is 54.4 Å². The average Bonchev–Trinajstić information content (AvgIpc) is 3.03. The van der Waals surface area contributed by atoms with Crippen LogP contribution in [0.25, 0.3) is 0 Å². The maximum Gasteiger partial charge on any atom is 0.183 e. The van der Waals surface area contributed by atoms with Gasteiger partial charge < -0.3 is 9.64 Å². The van der Waals surface area contributed by atoms with Crippen molar-refractivity contribution in [2.45, 2.75) is 42.6 Å². The fourth-order valence-corrected chi connectivity index (χ4v) is 8.59. The lowest BCUT2D eigenvalue weighted by Crippen LogP contribution is -2.45. The van der Waals surface area contributed by atoms with Gasteiger partial charge in [-0.15, -0.1) is 0 Å². The molecule has 0 aliphatic carbocycles. The third kappa shape index (κ3) is 5.39. The fourth-order valence-electron chi connectivity index (χ4n) is 3.68. The van der Waals surface area contributed by atoms with E-state index >= 15 is 0 Å². The van der Waals surface area contributed by atoms with Gasteiger partial charge in [0.1, 0.15) is 5.75 Å². The van der Waals surface area contributed by atoms with Gasteiger partial charge in [-0.05, 0) is 69.3 Å². The summed E-state index contributed by atoms with van der Waals surface area (Å²) >= 11 is 0. The zero-order chi connectivity index (χ0) is 21.9. The predicted molar refractivity (Wildman–Crippen MR) is 116 cm³/mol. The van der Waals surface area contributed by atoms with Crippen LogP contribution in [0.2, 0.25) is 0 Å². The summed E-state index contributed by atoms with van der Waals surface area (Å²) in [5.41, 5.74) is 1.07. The zero-order valence-corrected chi connectivity index (χ0v) is 19.1. The number of benzene rings is 1. The highest BCUT2D eigenvalue weighted by molar-refractivity contribution is 7.96. The maximum absolute atomic E-state index is 13.3. The first-order valence-corrected chi connectivity index (χ1v) is 13.3.